The van der Waals surface area contributed by atoms with Crippen molar-refractivity contribution in [1.82, 2.24) is 10.0 Å². The summed E-state index contributed by atoms with van der Waals surface area (Å²) in [4.78, 5) is 11.8. The van der Waals surface area contributed by atoms with Crippen molar-refractivity contribution in [3.05, 3.63) is 78.4 Å². The SMILES string of the molecule is C=CCNC(=O)CCc1ccc(S(=O)(=O)NCCc2ccccc2)cc1. The fourth-order valence-corrected chi connectivity index (χ4v) is 3.46. The van der Waals surface area contributed by atoms with Crippen LogP contribution in [-0.4, -0.2) is 27.4 Å². The highest BCUT2D eigenvalue weighted by Crippen LogP contribution is 2.12. The number of hydrogen-bond acceptors (Lipinski definition) is 3. The van der Waals surface area contributed by atoms with Gasteiger partial charge in [-0.15, -0.1) is 6.58 Å². The van der Waals surface area contributed by atoms with E-state index in [9.17, 15) is 13.2 Å². The quantitative estimate of drug-likeness (QED) is 0.629. The zero-order valence-electron chi connectivity index (χ0n) is 14.6. The molecule has 2 aromatic carbocycles. The second kappa shape index (κ2) is 9.89. The van der Waals surface area contributed by atoms with Gasteiger partial charge in [-0.05, 0) is 36.1 Å². The van der Waals surface area contributed by atoms with Gasteiger partial charge in [-0.2, -0.15) is 0 Å². The first kappa shape index (κ1) is 19.9. The van der Waals surface area contributed by atoms with Crippen LogP contribution in [-0.2, 0) is 27.7 Å². The van der Waals surface area contributed by atoms with E-state index in [0.717, 1.165) is 11.1 Å². The van der Waals surface area contributed by atoms with E-state index in [1.807, 2.05) is 30.3 Å². The van der Waals surface area contributed by atoms with Crippen molar-refractivity contribution in [3.63, 3.8) is 0 Å². The Morgan fingerprint density at radius 2 is 1.62 bits per heavy atom. The Hall–Kier alpha value is -2.44. The largest absolute Gasteiger partial charge is 0.353 e. The number of rotatable bonds is 10. The molecule has 0 spiro atoms. The highest BCUT2D eigenvalue weighted by atomic mass is 32.2. The van der Waals surface area contributed by atoms with E-state index in [2.05, 4.69) is 16.6 Å². The minimum absolute atomic E-state index is 0.0517. The molecule has 2 aromatic rings. The number of sulfonamides is 1. The average Bonchev–Trinajstić information content (AvgIpc) is 2.66. The zero-order chi connectivity index (χ0) is 18.8. The summed E-state index contributed by atoms with van der Waals surface area (Å²) in [6, 6.07) is 16.4. The molecule has 0 fully saturated rings. The number of hydrogen-bond donors (Lipinski definition) is 2. The van der Waals surface area contributed by atoms with Crippen molar-refractivity contribution in [3.8, 4) is 0 Å². The Kier molecular flexibility index (Phi) is 7.56. The standard InChI is InChI=1S/C20H24N2O3S/c1-2-15-21-20(23)13-10-18-8-11-19(12-9-18)26(24,25)22-16-14-17-6-4-3-5-7-17/h2-9,11-12,22H,1,10,13-16H2,(H,21,23). The second-order valence-electron chi connectivity index (χ2n) is 5.87. The van der Waals surface area contributed by atoms with Crippen LogP contribution in [0.5, 0.6) is 0 Å². The van der Waals surface area contributed by atoms with Crippen molar-refractivity contribution < 1.29 is 13.2 Å². The van der Waals surface area contributed by atoms with Crippen LogP contribution in [0, 0.1) is 0 Å². The smallest absolute Gasteiger partial charge is 0.240 e. The normalized spacial score (nSPS) is 11.1. The topological polar surface area (TPSA) is 75.3 Å². The maximum atomic E-state index is 12.3. The van der Waals surface area contributed by atoms with Crippen LogP contribution in [0.15, 0.2) is 72.1 Å². The van der Waals surface area contributed by atoms with Gasteiger partial charge in [0.05, 0.1) is 4.90 Å². The summed E-state index contributed by atoms with van der Waals surface area (Å²) in [7, 11) is -3.53. The van der Waals surface area contributed by atoms with Crippen molar-refractivity contribution >= 4 is 15.9 Å². The molecule has 1 amide bonds. The molecule has 0 bridgehead atoms. The molecule has 0 saturated carbocycles. The summed E-state index contributed by atoms with van der Waals surface area (Å²) < 4.78 is 27.3. The molecule has 2 rings (SSSR count). The van der Waals surface area contributed by atoms with Gasteiger partial charge >= 0.3 is 0 Å². The maximum Gasteiger partial charge on any atom is 0.240 e. The fourth-order valence-electron chi connectivity index (χ4n) is 2.43. The van der Waals surface area contributed by atoms with E-state index in [1.165, 1.54) is 0 Å². The first-order valence-electron chi connectivity index (χ1n) is 8.51. The summed E-state index contributed by atoms with van der Waals surface area (Å²) in [6.07, 6.45) is 3.18. The third kappa shape index (κ3) is 6.46. The van der Waals surface area contributed by atoms with Gasteiger partial charge in [-0.1, -0.05) is 48.5 Å². The van der Waals surface area contributed by atoms with Crippen molar-refractivity contribution in [1.29, 1.82) is 0 Å². The van der Waals surface area contributed by atoms with E-state index < -0.39 is 10.0 Å². The maximum absolute atomic E-state index is 12.3. The molecule has 0 saturated heterocycles. The van der Waals surface area contributed by atoms with Gasteiger partial charge < -0.3 is 5.32 Å². The average molecular weight is 372 g/mol. The van der Waals surface area contributed by atoms with Crippen LogP contribution in [0.4, 0.5) is 0 Å². The summed E-state index contributed by atoms with van der Waals surface area (Å²) in [5.41, 5.74) is 2.00. The van der Waals surface area contributed by atoms with Gasteiger partial charge in [0.1, 0.15) is 0 Å². The molecule has 0 aliphatic rings. The first-order chi connectivity index (χ1) is 12.5. The Balaban J connectivity index is 1.85. The zero-order valence-corrected chi connectivity index (χ0v) is 15.5. The predicted octanol–water partition coefficient (Wildman–Crippen LogP) is 2.44. The van der Waals surface area contributed by atoms with E-state index in [1.54, 1.807) is 30.3 Å². The van der Waals surface area contributed by atoms with Gasteiger partial charge in [0, 0.05) is 19.5 Å². The van der Waals surface area contributed by atoms with Crippen LogP contribution >= 0.6 is 0 Å². The van der Waals surface area contributed by atoms with E-state index in [-0.39, 0.29) is 10.8 Å². The Labute approximate surface area is 155 Å². The van der Waals surface area contributed by atoms with Gasteiger partial charge in [-0.25, -0.2) is 13.1 Å². The molecule has 2 N–H and O–H groups in total. The summed E-state index contributed by atoms with van der Waals surface area (Å²) in [5.74, 6) is -0.0517. The lowest BCUT2D eigenvalue weighted by atomic mass is 10.1. The van der Waals surface area contributed by atoms with Gasteiger partial charge in [0.2, 0.25) is 15.9 Å². The van der Waals surface area contributed by atoms with Gasteiger partial charge in [0.15, 0.2) is 0 Å². The van der Waals surface area contributed by atoms with Crippen molar-refractivity contribution in [2.75, 3.05) is 13.1 Å². The van der Waals surface area contributed by atoms with E-state index in [4.69, 9.17) is 0 Å². The Morgan fingerprint density at radius 3 is 2.27 bits per heavy atom. The lowest BCUT2D eigenvalue weighted by molar-refractivity contribution is -0.120. The van der Waals surface area contributed by atoms with Gasteiger partial charge in [0.25, 0.3) is 0 Å². The molecule has 138 valence electrons. The van der Waals surface area contributed by atoms with Crippen molar-refractivity contribution in [2.45, 2.75) is 24.2 Å². The van der Waals surface area contributed by atoms with Crippen LogP contribution in [0.1, 0.15) is 17.5 Å². The summed E-state index contributed by atoms with van der Waals surface area (Å²) >= 11 is 0. The molecule has 0 aliphatic carbocycles. The lowest BCUT2D eigenvalue weighted by Gasteiger charge is -2.08. The predicted molar refractivity (Wildman–Crippen MR) is 103 cm³/mol. The molecule has 0 heterocycles. The summed E-state index contributed by atoms with van der Waals surface area (Å²) in [6.45, 7) is 4.34. The number of amides is 1. The molecule has 5 nitrogen and oxygen atoms in total. The molecule has 0 unspecified atom stereocenters. The van der Waals surface area contributed by atoms with Crippen LogP contribution in [0.2, 0.25) is 0 Å². The molecule has 6 heteroatoms. The molecule has 0 radical (unpaired) electrons. The van der Waals surface area contributed by atoms with E-state index in [0.29, 0.717) is 32.4 Å². The monoisotopic (exact) mass is 372 g/mol. The van der Waals surface area contributed by atoms with Crippen LogP contribution < -0.4 is 10.0 Å². The molecular formula is C20H24N2O3S. The van der Waals surface area contributed by atoms with Crippen molar-refractivity contribution in [2.24, 2.45) is 0 Å². The molecule has 26 heavy (non-hydrogen) atoms. The number of aryl methyl sites for hydroxylation is 1. The Morgan fingerprint density at radius 1 is 0.962 bits per heavy atom. The number of nitrogens with one attached hydrogen (secondary N) is 2. The minimum atomic E-state index is -3.53. The number of carbonyl (C=O) groups is 1. The second-order valence-corrected chi connectivity index (χ2v) is 7.64. The molecule has 0 aromatic heterocycles. The third-order valence-corrected chi connectivity index (χ3v) is 5.34. The lowest BCUT2D eigenvalue weighted by Crippen LogP contribution is -2.26. The van der Waals surface area contributed by atoms with Gasteiger partial charge in [-0.3, -0.25) is 4.79 Å². The highest BCUT2D eigenvalue weighted by molar-refractivity contribution is 7.89. The number of carbonyl (C=O) groups excluding carboxylic acids is 1. The fraction of sp³-hybridized carbons (Fsp3) is 0.250. The molecular weight excluding hydrogens is 348 g/mol. The number of benzene rings is 2. The van der Waals surface area contributed by atoms with Crippen LogP contribution in [0.25, 0.3) is 0 Å². The van der Waals surface area contributed by atoms with Crippen LogP contribution in [0.3, 0.4) is 0 Å². The molecule has 0 atom stereocenters. The summed E-state index contributed by atoms with van der Waals surface area (Å²) in [5, 5.41) is 2.71. The highest BCUT2D eigenvalue weighted by Gasteiger charge is 2.13. The first-order valence-corrected chi connectivity index (χ1v) is 10.00. The Bertz CT molecular complexity index is 816. The molecule has 0 aliphatic heterocycles. The minimum Gasteiger partial charge on any atom is -0.353 e. The van der Waals surface area contributed by atoms with E-state index >= 15 is 0 Å². The third-order valence-electron chi connectivity index (χ3n) is 3.87.